The lowest BCUT2D eigenvalue weighted by Crippen LogP contribution is -2.78. The quantitative estimate of drug-likeness (QED) is 0.772. The molecule has 7 heteroatoms. The molecule has 4 unspecified atom stereocenters. The second-order valence-corrected chi connectivity index (χ2v) is 7.32. The Labute approximate surface area is 111 Å². The van der Waals surface area contributed by atoms with Crippen molar-refractivity contribution in [1.82, 2.24) is 0 Å². The number of alkyl halides is 6. The molecule has 2 bridgehead atoms. The van der Waals surface area contributed by atoms with Gasteiger partial charge in [0.15, 0.2) is 0 Å². The molecule has 1 N–H and O–H groups in total. The number of hydrogen-bond acceptors (Lipinski definition) is 1. The lowest BCUT2D eigenvalue weighted by Gasteiger charge is -2.83. The zero-order valence-corrected chi connectivity index (χ0v) is 10.7. The molecular weight excluding hydrogens is 286 g/mol. The third-order valence-corrected chi connectivity index (χ3v) is 7.32. The van der Waals surface area contributed by atoms with Crippen molar-refractivity contribution < 1.29 is 31.4 Å². The highest BCUT2D eigenvalue weighted by atomic mass is 19.4. The molecule has 20 heavy (non-hydrogen) atoms. The van der Waals surface area contributed by atoms with E-state index in [1.54, 1.807) is 0 Å². The predicted molar refractivity (Wildman–Crippen MR) is 55.5 cm³/mol. The Morgan fingerprint density at radius 1 is 1.00 bits per heavy atom. The van der Waals surface area contributed by atoms with Crippen LogP contribution in [0.2, 0.25) is 0 Å². The third-order valence-electron chi connectivity index (χ3n) is 7.32. The van der Waals surface area contributed by atoms with Crippen LogP contribution in [0, 0.1) is 28.1 Å². The van der Waals surface area contributed by atoms with Gasteiger partial charge in [0.1, 0.15) is 0 Å². The van der Waals surface area contributed by atoms with E-state index >= 15 is 0 Å². The van der Waals surface area contributed by atoms with Crippen LogP contribution >= 0.6 is 0 Å². The van der Waals surface area contributed by atoms with E-state index in [-0.39, 0.29) is 16.2 Å². The van der Waals surface area contributed by atoms with Crippen LogP contribution in [0.1, 0.15) is 32.6 Å². The molecular formula is C13H14F6O. The van der Waals surface area contributed by atoms with Crippen LogP contribution in [0.3, 0.4) is 0 Å². The fourth-order valence-corrected chi connectivity index (χ4v) is 6.38. The number of hydrogen-bond donors (Lipinski definition) is 1. The Bertz CT molecular complexity index is 496. The second-order valence-electron chi connectivity index (χ2n) is 7.32. The zero-order valence-electron chi connectivity index (χ0n) is 10.7. The van der Waals surface area contributed by atoms with Gasteiger partial charge in [-0.3, -0.25) is 0 Å². The van der Waals surface area contributed by atoms with Crippen LogP contribution in [-0.2, 0) is 0 Å². The van der Waals surface area contributed by atoms with Gasteiger partial charge >= 0.3 is 12.4 Å². The first-order valence-electron chi connectivity index (χ1n) is 6.74. The predicted octanol–water partition coefficient (Wildman–Crippen LogP) is 3.67. The van der Waals surface area contributed by atoms with Crippen molar-refractivity contribution in [3.63, 3.8) is 0 Å². The number of aliphatic hydroxyl groups is 1. The minimum absolute atomic E-state index is 0.00970. The summed E-state index contributed by atoms with van der Waals surface area (Å²) in [6.07, 6.45) is -10.4. The summed E-state index contributed by atoms with van der Waals surface area (Å²) in [5.41, 5.74) is -4.82. The SMILES string of the molecule is CC1C23CC24C(CC(O)(C(F)(F)F)C(F)(F)F)C[C@]14C3. The lowest BCUT2D eigenvalue weighted by atomic mass is 9.21. The van der Waals surface area contributed by atoms with Gasteiger partial charge < -0.3 is 5.11 Å². The molecule has 0 saturated heterocycles. The summed E-state index contributed by atoms with van der Waals surface area (Å²) in [7, 11) is 0. The van der Waals surface area contributed by atoms with Gasteiger partial charge in [-0.15, -0.1) is 0 Å². The largest absolute Gasteiger partial charge is 0.426 e. The second kappa shape index (κ2) is 2.75. The van der Waals surface area contributed by atoms with Crippen LogP contribution in [0.4, 0.5) is 26.3 Å². The van der Waals surface area contributed by atoms with E-state index in [0.717, 1.165) is 12.8 Å². The van der Waals surface area contributed by atoms with E-state index in [1.165, 1.54) is 0 Å². The molecule has 5 aliphatic carbocycles. The number of rotatable bonds is 2. The van der Waals surface area contributed by atoms with Crippen LogP contribution in [0.15, 0.2) is 0 Å². The summed E-state index contributed by atoms with van der Waals surface area (Å²) in [5.74, 6) is -0.197. The van der Waals surface area contributed by atoms with Gasteiger partial charge in [0.25, 0.3) is 5.60 Å². The topological polar surface area (TPSA) is 20.2 Å². The van der Waals surface area contributed by atoms with E-state index in [9.17, 15) is 31.4 Å². The van der Waals surface area contributed by atoms with Crippen LogP contribution in [-0.4, -0.2) is 23.1 Å². The van der Waals surface area contributed by atoms with Gasteiger partial charge in [0, 0.05) is 0 Å². The molecule has 0 heterocycles. The van der Waals surface area contributed by atoms with E-state index in [2.05, 4.69) is 0 Å². The summed E-state index contributed by atoms with van der Waals surface area (Å²) < 4.78 is 76.3. The Hall–Kier alpha value is -0.460. The Kier molecular flexibility index (Phi) is 1.82. The highest BCUT2D eigenvalue weighted by Crippen LogP contribution is 3.10. The summed E-state index contributed by atoms with van der Waals surface area (Å²) in [4.78, 5) is 0. The standard InChI is InChI=1S/C13H14F6O/c1-6-8-2-7(10(8)5-9(6,10)4-8)3-11(20,12(14,15)16)13(17,18)19/h6-7,20H,2-5H2,1H3/t6?,7?,8-,9?,10?/m0/s1. The first-order valence-corrected chi connectivity index (χ1v) is 6.74. The third kappa shape index (κ3) is 0.887. The lowest BCUT2D eigenvalue weighted by molar-refractivity contribution is -0.401. The molecule has 5 rings (SSSR count). The average molecular weight is 300 g/mol. The van der Waals surface area contributed by atoms with Gasteiger partial charge in [-0.2, -0.15) is 26.3 Å². The maximum Gasteiger partial charge on any atom is 0.426 e. The van der Waals surface area contributed by atoms with Crippen LogP contribution in [0.5, 0.6) is 0 Å². The van der Waals surface area contributed by atoms with Gasteiger partial charge in [-0.1, -0.05) is 6.92 Å². The molecule has 0 aromatic rings. The highest BCUT2D eigenvalue weighted by molar-refractivity contribution is 5.52. The first-order chi connectivity index (χ1) is 8.88. The molecule has 5 atom stereocenters. The van der Waals surface area contributed by atoms with Crippen molar-refractivity contribution in [2.45, 2.75) is 50.6 Å². The molecule has 5 saturated carbocycles. The normalized spacial score (nSPS) is 52.2. The Morgan fingerprint density at radius 2 is 1.55 bits per heavy atom. The van der Waals surface area contributed by atoms with Crippen molar-refractivity contribution in [3.05, 3.63) is 0 Å². The molecule has 3 spiro atoms. The zero-order chi connectivity index (χ0) is 15.0. The molecule has 0 amide bonds. The van der Waals surface area contributed by atoms with Gasteiger partial charge in [0.2, 0.25) is 0 Å². The van der Waals surface area contributed by atoms with Crippen molar-refractivity contribution in [3.8, 4) is 0 Å². The minimum Gasteiger partial charge on any atom is -0.374 e. The fraction of sp³-hybridized carbons (Fsp3) is 1.00. The molecule has 5 aliphatic rings. The molecule has 114 valence electrons. The Balaban J connectivity index is 1.58. The van der Waals surface area contributed by atoms with Gasteiger partial charge in [-0.25, -0.2) is 0 Å². The number of halogens is 6. The molecule has 5 fully saturated rings. The molecule has 0 aromatic carbocycles. The van der Waals surface area contributed by atoms with Gasteiger partial charge in [-0.05, 0) is 53.8 Å². The fourth-order valence-electron chi connectivity index (χ4n) is 6.38. The molecule has 0 aliphatic heterocycles. The summed E-state index contributed by atoms with van der Waals surface area (Å²) in [5, 5.41) is 9.29. The van der Waals surface area contributed by atoms with Crippen LogP contribution < -0.4 is 0 Å². The van der Waals surface area contributed by atoms with Crippen molar-refractivity contribution in [2.75, 3.05) is 0 Å². The summed E-state index contributed by atoms with van der Waals surface area (Å²) >= 11 is 0. The van der Waals surface area contributed by atoms with Crippen molar-refractivity contribution >= 4 is 0 Å². The van der Waals surface area contributed by atoms with Crippen molar-refractivity contribution in [1.29, 1.82) is 0 Å². The van der Waals surface area contributed by atoms with E-state index < -0.39 is 30.3 Å². The maximum atomic E-state index is 12.7. The van der Waals surface area contributed by atoms with E-state index in [0.29, 0.717) is 12.3 Å². The van der Waals surface area contributed by atoms with Crippen molar-refractivity contribution in [2.24, 2.45) is 28.1 Å². The average Bonchev–Trinajstić information content (AvgIpc) is 2.92. The minimum atomic E-state index is -5.67. The molecule has 0 radical (unpaired) electrons. The first kappa shape index (κ1) is 13.2. The monoisotopic (exact) mass is 300 g/mol. The Morgan fingerprint density at radius 3 is 1.90 bits per heavy atom. The van der Waals surface area contributed by atoms with E-state index in [4.69, 9.17) is 0 Å². The smallest absolute Gasteiger partial charge is 0.374 e. The molecule has 1 nitrogen and oxygen atoms in total. The maximum absolute atomic E-state index is 12.7. The summed E-state index contributed by atoms with van der Waals surface area (Å²) in [6, 6.07) is 0. The van der Waals surface area contributed by atoms with E-state index in [1.807, 2.05) is 6.92 Å². The summed E-state index contributed by atoms with van der Waals surface area (Å²) in [6.45, 7) is 2.05. The highest BCUT2D eigenvalue weighted by Gasteiger charge is 3.04. The van der Waals surface area contributed by atoms with Gasteiger partial charge in [0.05, 0.1) is 0 Å². The van der Waals surface area contributed by atoms with Crippen LogP contribution in [0.25, 0.3) is 0 Å². The molecule has 0 aromatic heterocycles.